The average Bonchev–Trinajstić information content (AvgIpc) is 3.07. The second kappa shape index (κ2) is 9.47. The van der Waals surface area contributed by atoms with Gasteiger partial charge in [0.15, 0.2) is 18.2 Å². The third-order valence-corrected chi connectivity index (χ3v) is 7.12. The Hall–Kier alpha value is -2.17. The molecular formula is C28H34O5S. The third kappa shape index (κ3) is 4.94. The minimum atomic E-state index is -1.44. The summed E-state index contributed by atoms with van der Waals surface area (Å²) in [6, 6.07) is 11.8. The first-order valence-corrected chi connectivity index (χ1v) is 15.0. The number of rotatable bonds is 4. The summed E-state index contributed by atoms with van der Waals surface area (Å²) in [5, 5.41) is 15.4. The maximum absolute atomic E-state index is 12.1. The van der Waals surface area contributed by atoms with Crippen molar-refractivity contribution in [2.45, 2.75) is 56.7 Å². The van der Waals surface area contributed by atoms with Crippen LogP contribution in [0.25, 0.3) is 11.1 Å². The van der Waals surface area contributed by atoms with Gasteiger partial charge in [-0.3, -0.25) is 0 Å². The Kier molecular flexibility index (Phi) is 6.56. The highest BCUT2D eigenvalue weighted by atomic mass is 32.3. The molecule has 0 saturated carbocycles. The van der Waals surface area contributed by atoms with E-state index in [9.17, 15) is 5.11 Å². The summed E-state index contributed by atoms with van der Waals surface area (Å²) in [4.78, 5) is 0. The van der Waals surface area contributed by atoms with Gasteiger partial charge in [-0.15, -0.1) is 0 Å². The van der Waals surface area contributed by atoms with Crippen molar-refractivity contribution < 1.29 is 24.1 Å². The zero-order valence-electron chi connectivity index (χ0n) is 20.3. The molecule has 3 aliphatic rings. The first kappa shape index (κ1) is 23.6. The second-order valence-corrected chi connectivity index (χ2v) is 13.9. The van der Waals surface area contributed by atoms with Crippen LogP contribution in [-0.4, -0.2) is 49.7 Å². The minimum absolute atomic E-state index is 0.246. The summed E-state index contributed by atoms with van der Waals surface area (Å²) in [6.07, 6.45) is 12.0. The van der Waals surface area contributed by atoms with Crippen LogP contribution < -0.4 is 9.47 Å². The number of hydrogen-bond donors (Lipinski definition) is 1. The molecule has 2 atom stereocenters. The second-order valence-electron chi connectivity index (χ2n) is 10.0. The van der Waals surface area contributed by atoms with E-state index in [1.165, 1.54) is 0 Å². The monoisotopic (exact) mass is 482 g/mol. The van der Waals surface area contributed by atoms with E-state index in [4.69, 9.17) is 18.9 Å². The topological polar surface area (TPSA) is 57.2 Å². The van der Waals surface area contributed by atoms with E-state index >= 15 is 0 Å². The highest BCUT2D eigenvalue weighted by molar-refractivity contribution is 8.35. The Bertz CT molecular complexity index is 1030. The number of fused-ring (bicyclic) bond motifs is 3. The molecular weight excluding hydrogens is 448 g/mol. The fourth-order valence-electron chi connectivity index (χ4n) is 4.68. The molecule has 0 aromatic heterocycles. The van der Waals surface area contributed by atoms with Gasteiger partial charge in [-0.1, -0.05) is 17.4 Å². The lowest BCUT2D eigenvalue weighted by atomic mass is 9.92. The molecule has 2 aliphatic heterocycles. The summed E-state index contributed by atoms with van der Waals surface area (Å²) in [5.41, 5.74) is 1.99. The lowest BCUT2D eigenvalue weighted by Crippen LogP contribution is -2.26. The smallest absolute Gasteiger partial charge is 0.199 e. The number of benzene rings is 2. The van der Waals surface area contributed by atoms with Gasteiger partial charge < -0.3 is 24.1 Å². The molecule has 2 fully saturated rings. The van der Waals surface area contributed by atoms with Crippen molar-refractivity contribution in [3.8, 4) is 33.8 Å². The summed E-state index contributed by atoms with van der Waals surface area (Å²) in [6.45, 7) is 1.44. The maximum atomic E-state index is 12.1. The van der Waals surface area contributed by atoms with Gasteiger partial charge in [-0.05, 0) is 85.8 Å². The Morgan fingerprint density at radius 2 is 1.32 bits per heavy atom. The van der Waals surface area contributed by atoms with E-state index in [2.05, 4.69) is 29.9 Å². The summed E-state index contributed by atoms with van der Waals surface area (Å²) < 4.78 is 23.8. The average molecular weight is 483 g/mol. The lowest BCUT2D eigenvalue weighted by Gasteiger charge is -2.26. The fraction of sp³-hybridized carbons (Fsp3) is 0.500. The number of aliphatic hydroxyl groups is 1. The molecule has 2 heterocycles. The van der Waals surface area contributed by atoms with Gasteiger partial charge in [-0.2, -0.15) is 10.0 Å². The molecule has 6 heteroatoms. The Morgan fingerprint density at radius 1 is 0.824 bits per heavy atom. The molecule has 0 amide bonds. The van der Waals surface area contributed by atoms with Crippen molar-refractivity contribution in [1.82, 2.24) is 0 Å². The zero-order chi connectivity index (χ0) is 23.8. The van der Waals surface area contributed by atoms with Crippen molar-refractivity contribution in [3.05, 3.63) is 47.5 Å². The molecule has 2 unspecified atom stereocenters. The van der Waals surface area contributed by atoms with Gasteiger partial charge in [0.1, 0.15) is 11.5 Å². The molecule has 1 aliphatic carbocycles. The van der Waals surface area contributed by atoms with E-state index in [1.54, 1.807) is 0 Å². The van der Waals surface area contributed by atoms with Crippen LogP contribution in [0.15, 0.2) is 36.4 Å². The largest absolute Gasteiger partial charge is 0.465 e. The predicted molar refractivity (Wildman–Crippen MR) is 136 cm³/mol. The van der Waals surface area contributed by atoms with Gasteiger partial charge in [-0.25, -0.2) is 0 Å². The molecule has 0 spiro atoms. The molecule has 0 radical (unpaired) electrons. The maximum Gasteiger partial charge on any atom is 0.199 e. The highest BCUT2D eigenvalue weighted by Crippen LogP contribution is 2.50. The van der Waals surface area contributed by atoms with Crippen LogP contribution in [0.3, 0.4) is 0 Å². The van der Waals surface area contributed by atoms with Crippen LogP contribution >= 0.6 is 10.0 Å². The van der Waals surface area contributed by atoms with Crippen molar-refractivity contribution >= 4 is 10.0 Å². The lowest BCUT2D eigenvalue weighted by molar-refractivity contribution is -0.106. The molecule has 34 heavy (non-hydrogen) atoms. The van der Waals surface area contributed by atoms with Crippen molar-refractivity contribution in [2.24, 2.45) is 0 Å². The van der Waals surface area contributed by atoms with E-state index in [0.717, 1.165) is 74.0 Å². The van der Waals surface area contributed by atoms with Gasteiger partial charge in [0.05, 0.1) is 13.2 Å². The SMILES string of the molecule is CS(C)(C)C#CC1(O)c2cc(OC3CCCCO3)ccc2-c2ccc(OC3CCCCO3)cc21. The van der Waals surface area contributed by atoms with Crippen LogP contribution in [0.4, 0.5) is 0 Å². The van der Waals surface area contributed by atoms with E-state index in [1.807, 2.05) is 36.4 Å². The molecule has 5 nitrogen and oxygen atoms in total. The normalized spacial score (nSPS) is 26.6. The summed E-state index contributed by atoms with van der Waals surface area (Å²) in [5.74, 6) is 4.62. The van der Waals surface area contributed by atoms with E-state index in [0.29, 0.717) is 11.5 Å². The third-order valence-electron chi connectivity index (χ3n) is 6.40. The van der Waals surface area contributed by atoms with Crippen LogP contribution in [0.1, 0.15) is 49.7 Å². The fourth-order valence-corrected chi connectivity index (χ4v) is 5.13. The molecule has 1 N–H and O–H groups in total. The first-order valence-electron chi connectivity index (χ1n) is 12.1. The van der Waals surface area contributed by atoms with Crippen LogP contribution in [0, 0.1) is 11.2 Å². The van der Waals surface area contributed by atoms with Gasteiger partial charge in [0.2, 0.25) is 0 Å². The molecule has 0 bridgehead atoms. The molecule has 182 valence electrons. The van der Waals surface area contributed by atoms with Crippen molar-refractivity contribution in [1.29, 1.82) is 0 Å². The van der Waals surface area contributed by atoms with Gasteiger partial charge in [0.25, 0.3) is 0 Å². The predicted octanol–water partition coefficient (Wildman–Crippen LogP) is 5.37. The van der Waals surface area contributed by atoms with Gasteiger partial charge in [0, 0.05) is 24.0 Å². The van der Waals surface area contributed by atoms with Crippen LogP contribution in [0.5, 0.6) is 11.5 Å². The summed E-state index contributed by atoms with van der Waals surface area (Å²) >= 11 is 0. The van der Waals surface area contributed by atoms with Crippen molar-refractivity contribution in [3.63, 3.8) is 0 Å². The molecule has 5 rings (SSSR count). The first-order chi connectivity index (χ1) is 16.3. The van der Waals surface area contributed by atoms with Crippen molar-refractivity contribution in [2.75, 3.05) is 32.0 Å². The Balaban J connectivity index is 1.52. The minimum Gasteiger partial charge on any atom is -0.465 e. The van der Waals surface area contributed by atoms with Gasteiger partial charge >= 0.3 is 0 Å². The highest BCUT2D eigenvalue weighted by Gasteiger charge is 2.42. The van der Waals surface area contributed by atoms with E-state index < -0.39 is 15.6 Å². The standard InChI is InChI=1S/C28H34O5S/c1-34(2,3)17-14-28(29)24-18-20(32-26-8-4-6-15-30-26)10-12-22(24)23-13-11-21(19-25(23)28)33-27-9-5-7-16-31-27/h10-13,18-19,26-27,29H,4-9,15-16H2,1-3H3. The summed E-state index contributed by atoms with van der Waals surface area (Å²) in [7, 11) is -1.14. The molecule has 2 saturated heterocycles. The molecule has 2 aromatic rings. The quantitative estimate of drug-likeness (QED) is 0.594. The zero-order valence-corrected chi connectivity index (χ0v) is 21.1. The van der Waals surface area contributed by atoms with Crippen LogP contribution in [-0.2, 0) is 15.1 Å². The van der Waals surface area contributed by atoms with E-state index in [-0.39, 0.29) is 12.6 Å². The van der Waals surface area contributed by atoms with Crippen LogP contribution in [0.2, 0.25) is 0 Å². The molecule has 2 aromatic carbocycles. The Labute approximate surface area is 204 Å². The Morgan fingerprint density at radius 3 is 1.74 bits per heavy atom. The number of hydrogen-bond acceptors (Lipinski definition) is 5. The number of ether oxygens (including phenoxy) is 4.